The first-order valence-electron chi connectivity index (χ1n) is 20.1. The van der Waals surface area contributed by atoms with E-state index in [0.29, 0.717) is 60.8 Å². The van der Waals surface area contributed by atoms with Gasteiger partial charge in [-0.2, -0.15) is 4.99 Å². The van der Waals surface area contributed by atoms with E-state index in [1.54, 1.807) is 30.4 Å². The van der Waals surface area contributed by atoms with E-state index in [1.165, 1.54) is 23.0 Å². The molecule has 306 valence electrons. The van der Waals surface area contributed by atoms with E-state index in [2.05, 4.69) is 65.2 Å². The maximum Gasteiger partial charge on any atom is 0.358 e. The van der Waals surface area contributed by atoms with Crippen molar-refractivity contribution in [2.45, 2.75) is 83.8 Å². The van der Waals surface area contributed by atoms with Gasteiger partial charge in [-0.25, -0.2) is 14.2 Å². The number of anilines is 2. The molecule has 1 fully saturated rings. The molecular formula is C43H52FN7O4S2Si. The van der Waals surface area contributed by atoms with Gasteiger partial charge in [-0.1, -0.05) is 55.0 Å². The zero-order valence-electron chi connectivity index (χ0n) is 34.3. The molecule has 0 unspecified atom stereocenters. The minimum atomic E-state index is -1.23. The Morgan fingerprint density at radius 3 is 2.69 bits per heavy atom. The minimum Gasteiger partial charge on any atom is -0.491 e. The smallest absolute Gasteiger partial charge is 0.358 e. The second kappa shape index (κ2) is 18.6. The predicted molar refractivity (Wildman–Crippen MR) is 232 cm³/mol. The molecule has 2 aromatic carbocycles. The number of thiazole rings is 2. The number of esters is 1. The van der Waals surface area contributed by atoms with Crippen molar-refractivity contribution in [1.82, 2.24) is 24.6 Å². The van der Waals surface area contributed by atoms with Gasteiger partial charge in [0.05, 0.1) is 30.0 Å². The van der Waals surface area contributed by atoms with Crippen molar-refractivity contribution >= 4 is 63.7 Å². The molecule has 2 aliphatic rings. The van der Waals surface area contributed by atoms with Crippen LogP contribution in [0.5, 0.6) is 5.75 Å². The zero-order chi connectivity index (χ0) is 40.8. The van der Waals surface area contributed by atoms with Crippen LogP contribution < -0.4 is 14.4 Å². The summed E-state index contributed by atoms with van der Waals surface area (Å²) in [7, 11) is 2.64. The fraction of sp³-hybridized carbons (Fsp3) is 0.465. The summed E-state index contributed by atoms with van der Waals surface area (Å²) in [6, 6.07) is 14.2. The number of hydrogen-bond acceptors (Lipinski definition) is 12. The number of carbonyl (C=O) groups excluding carboxylic acids is 1. The number of aryl methyl sites for hydroxylation is 1. The van der Waals surface area contributed by atoms with E-state index in [0.717, 1.165) is 69.6 Å². The Morgan fingerprint density at radius 1 is 1.10 bits per heavy atom. The minimum absolute atomic E-state index is 0.169. The van der Waals surface area contributed by atoms with Crippen LogP contribution in [0, 0.1) is 17.7 Å². The molecule has 7 rings (SSSR count). The molecule has 0 atom stereocenters. The highest BCUT2D eigenvalue weighted by molar-refractivity contribution is 7.16. The highest BCUT2D eigenvalue weighted by atomic mass is 32.1. The van der Waals surface area contributed by atoms with Gasteiger partial charge >= 0.3 is 5.97 Å². The highest BCUT2D eigenvalue weighted by Crippen LogP contribution is 2.49. The molecule has 1 aliphatic heterocycles. The van der Waals surface area contributed by atoms with Gasteiger partial charge in [0.15, 0.2) is 38.8 Å². The van der Waals surface area contributed by atoms with E-state index >= 15 is 0 Å². The van der Waals surface area contributed by atoms with Crippen molar-refractivity contribution in [3.05, 3.63) is 80.3 Å². The summed E-state index contributed by atoms with van der Waals surface area (Å²) < 4.78 is 35.6. The van der Waals surface area contributed by atoms with Crippen LogP contribution in [0.2, 0.25) is 25.7 Å². The Labute approximate surface area is 348 Å². The van der Waals surface area contributed by atoms with Crippen molar-refractivity contribution < 1.29 is 23.4 Å². The predicted octanol–water partition coefficient (Wildman–Crippen LogP) is 8.70. The largest absolute Gasteiger partial charge is 0.491 e. The molecular weight excluding hydrogens is 790 g/mol. The van der Waals surface area contributed by atoms with Gasteiger partial charge in [-0.15, -0.1) is 21.5 Å². The molecule has 0 saturated heterocycles. The summed E-state index contributed by atoms with van der Waals surface area (Å²) in [6.07, 6.45) is 4.99. The van der Waals surface area contributed by atoms with Crippen LogP contribution in [0.1, 0.15) is 70.6 Å². The van der Waals surface area contributed by atoms with Crippen LogP contribution in [0.3, 0.4) is 0 Å². The Balaban J connectivity index is 1.13. The lowest BCUT2D eigenvalue weighted by Crippen LogP contribution is -2.27. The monoisotopic (exact) mass is 841 g/mol. The Kier molecular flexibility index (Phi) is 13.4. The zero-order valence-corrected chi connectivity index (χ0v) is 36.9. The van der Waals surface area contributed by atoms with Crippen molar-refractivity contribution in [3.63, 3.8) is 0 Å². The Bertz CT molecular complexity index is 2390. The van der Waals surface area contributed by atoms with E-state index in [4.69, 9.17) is 34.4 Å². The Morgan fingerprint density at radius 2 is 1.93 bits per heavy atom. The summed E-state index contributed by atoms with van der Waals surface area (Å²) in [5, 5.41) is 10.3. The van der Waals surface area contributed by atoms with E-state index < -0.39 is 19.9 Å². The maximum atomic E-state index is 14.8. The number of rotatable bonds is 16. The standard InChI is InChI=1S/C43H52FN7O4S2Si/c1-7-54-41(52)38-36(17-12-24-55-34-21-18-29(27-32(34)44)13-10-22-49(2)3)57-42(45-38)50-23-11-14-31-37(30-19-20-30)39(47-48-40(31)50)46-43-51(28-53-25-26-58(4,5)6)33-15-8-9-16-35(33)56-43/h8-9,15-16,18,21,27,30H,7,11-12,14,17,19-20,22-26,28H2,1-6H3/b46-43-. The van der Waals surface area contributed by atoms with Crippen LogP contribution >= 0.6 is 22.7 Å². The van der Waals surface area contributed by atoms with E-state index in [1.807, 2.05) is 19.0 Å². The van der Waals surface area contributed by atoms with Gasteiger partial charge in [-0.05, 0) is 102 Å². The van der Waals surface area contributed by atoms with Gasteiger partial charge < -0.3 is 19.1 Å². The molecule has 0 spiro atoms. The third kappa shape index (κ3) is 10.2. The van der Waals surface area contributed by atoms with Gasteiger partial charge in [0.25, 0.3) is 0 Å². The van der Waals surface area contributed by atoms with Crippen LogP contribution in [0.4, 0.5) is 21.2 Å². The summed E-state index contributed by atoms with van der Waals surface area (Å²) in [6.45, 7) is 11.8. The average Bonchev–Trinajstić information content (AvgIpc) is 3.84. The lowest BCUT2D eigenvalue weighted by Gasteiger charge is -2.29. The molecule has 11 nitrogen and oxygen atoms in total. The molecule has 15 heteroatoms. The second-order valence-corrected chi connectivity index (χ2v) is 23.8. The summed E-state index contributed by atoms with van der Waals surface area (Å²) >= 11 is 3.10. The van der Waals surface area contributed by atoms with E-state index in [9.17, 15) is 9.18 Å². The number of ether oxygens (including phenoxy) is 3. The van der Waals surface area contributed by atoms with Crippen LogP contribution in [0.25, 0.3) is 10.2 Å². The fourth-order valence-corrected chi connectivity index (χ4v) is 9.66. The summed E-state index contributed by atoms with van der Waals surface area (Å²) in [5.41, 5.74) is 4.31. The number of halogens is 1. The van der Waals surface area contributed by atoms with Crippen molar-refractivity contribution in [2.75, 3.05) is 51.9 Å². The number of benzene rings is 2. The first-order valence-corrected chi connectivity index (χ1v) is 25.4. The number of aromatic nitrogens is 4. The van der Waals surface area contributed by atoms with Crippen molar-refractivity contribution in [3.8, 4) is 17.6 Å². The molecule has 0 bridgehead atoms. The number of nitrogens with zero attached hydrogens (tertiary/aromatic N) is 7. The van der Waals surface area contributed by atoms with Crippen LogP contribution in [-0.2, 0) is 29.0 Å². The van der Waals surface area contributed by atoms with E-state index in [-0.39, 0.29) is 19.0 Å². The molecule has 1 aliphatic carbocycles. The first kappa shape index (κ1) is 41.7. The molecule has 58 heavy (non-hydrogen) atoms. The van der Waals surface area contributed by atoms with Crippen molar-refractivity contribution in [2.24, 2.45) is 4.99 Å². The number of carbonyl (C=O) groups is 1. The first-order chi connectivity index (χ1) is 28.0. The number of hydrogen-bond donors (Lipinski definition) is 0. The van der Waals surface area contributed by atoms with Gasteiger partial charge in [0.2, 0.25) is 0 Å². The number of fused-ring (bicyclic) bond motifs is 2. The summed E-state index contributed by atoms with van der Waals surface area (Å²) in [4.78, 5) is 29.0. The Hall–Kier alpha value is -4.46. The maximum absolute atomic E-state index is 14.8. The highest BCUT2D eigenvalue weighted by Gasteiger charge is 2.35. The average molecular weight is 842 g/mol. The molecule has 5 aromatic rings. The fourth-order valence-electron chi connectivity index (χ4n) is 6.77. The second-order valence-electron chi connectivity index (χ2n) is 16.1. The van der Waals surface area contributed by atoms with Gasteiger partial charge in [0, 0.05) is 42.8 Å². The third-order valence-electron chi connectivity index (χ3n) is 9.88. The lowest BCUT2D eigenvalue weighted by molar-refractivity contribution is 0.0519. The molecule has 0 amide bonds. The van der Waals surface area contributed by atoms with Gasteiger partial charge in [-0.3, -0.25) is 9.47 Å². The normalized spacial score (nSPS) is 14.5. The van der Waals surface area contributed by atoms with Gasteiger partial charge in [0.1, 0.15) is 6.73 Å². The molecule has 3 aromatic heterocycles. The van der Waals surface area contributed by atoms with Crippen molar-refractivity contribution in [1.29, 1.82) is 0 Å². The molecule has 1 saturated carbocycles. The SMILES string of the molecule is CCOC(=O)c1nc(N2CCCc3c2nnc(/N=c2\sc4ccccc4n2COCC[Si](C)(C)C)c3C2CC2)sc1CCCOc1ccc(C#CCN(C)C)cc1F. The van der Waals surface area contributed by atoms with Crippen LogP contribution in [-0.4, -0.2) is 85.7 Å². The molecule has 4 heterocycles. The van der Waals surface area contributed by atoms with Crippen LogP contribution in [0.15, 0.2) is 47.5 Å². The molecule has 0 N–H and O–H groups in total. The number of para-hydroxylation sites is 1. The third-order valence-corrected chi connectivity index (χ3v) is 13.8. The molecule has 0 radical (unpaired) electrons. The lowest BCUT2D eigenvalue weighted by atomic mass is 9.97. The quantitative estimate of drug-likeness (QED) is 0.0418. The topological polar surface area (TPSA) is 107 Å². The summed E-state index contributed by atoms with van der Waals surface area (Å²) in [5.74, 6) is 7.06.